The van der Waals surface area contributed by atoms with Gasteiger partial charge in [-0.1, -0.05) is 12.2 Å². The first-order chi connectivity index (χ1) is 6.79. The first kappa shape index (κ1) is 12.1. The third kappa shape index (κ3) is 4.36. The summed E-state index contributed by atoms with van der Waals surface area (Å²) in [4.78, 5) is 11.4. The summed E-state index contributed by atoms with van der Waals surface area (Å²) in [5, 5.41) is 2.80. The number of nitrogens with one attached hydrogen (secondary N) is 1. The lowest BCUT2D eigenvalue weighted by atomic mass is 10.1. The molecule has 0 spiro atoms. The third-order valence-electron chi connectivity index (χ3n) is 2.39. The molecule has 1 rings (SSSR count). The van der Waals surface area contributed by atoms with Crippen LogP contribution in [0.3, 0.4) is 0 Å². The minimum absolute atomic E-state index is 0.00681. The number of hydrogen-bond acceptors (Lipinski definition) is 2. The van der Waals surface area contributed by atoms with Gasteiger partial charge in [0.05, 0.1) is 6.04 Å². The van der Waals surface area contributed by atoms with Crippen molar-refractivity contribution in [1.82, 2.24) is 5.32 Å². The molecule has 0 aromatic carbocycles. The maximum atomic E-state index is 11.4. The third-order valence-corrected chi connectivity index (χ3v) is 2.39. The van der Waals surface area contributed by atoms with Crippen LogP contribution in [0.2, 0.25) is 0 Å². The molecule has 3 nitrogen and oxygen atoms in total. The van der Waals surface area contributed by atoms with Crippen LogP contribution in [0.15, 0.2) is 12.2 Å². The number of rotatable bonds is 3. The first-order valence-corrected chi connectivity index (χ1v) is 5.48. The molecule has 1 atom stereocenters. The molecule has 1 N–H and O–H groups in total. The first-order valence-electron chi connectivity index (χ1n) is 5.48. The number of alkyl carbamates (subject to hydrolysis) is 1. The van der Waals surface area contributed by atoms with Crippen LogP contribution in [0.25, 0.3) is 0 Å². The second kappa shape index (κ2) is 4.25. The lowest BCUT2D eigenvalue weighted by Crippen LogP contribution is -2.38. The summed E-state index contributed by atoms with van der Waals surface area (Å²) >= 11 is 0. The van der Waals surface area contributed by atoms with E-state index in [-0.39, 0.29) is 12.1 Å². The highest BCUT2D eigenvalue weighted by Crippen LogP contribution is 2.36. The molecule has 1 aliphatic rings. The van der Waals surface area contributed by atoms with E-state index in [0.717, 1.165) is 5.57 Å². The molecule has 86 valence electrons. The minimum Gasteiger partial charge on any atom is -0.444 e. The van der Waals surface area contributed by atoms with E-state index in [2.05, 4.69) is 11.9 Å². The summed E-state index contributed by atoms with van der Waals surface area (Å²) in [6.45, 7) is 11.5. The number of hydrogen-bond donors (Lipinski definition) is 1. The second-order valence-electron chi connectivity index (χ2n) is 5.22. The fraction of sp³-hybridized carbons (Fsp3) is 0.750. The number of amides is 1. The van der Waals surface area contributed by atoms with Crippen LogP contribution in [0.1, 0.15) is 40.5 Å². The average molecular weight is 211 g/mol. The molecule has 0 unspecified atom stereocenters. The van der Waals surface area contributed by atoms with Gasteiger partial charge < -0.3 is 10.1 Å². The Labute approximate surface area is 91.9 Å². The predicted octanol–water partition coefficient (Wildman–Crippen LogP) is 2.87. The molecular weight excluding hydrogens is 190 g/mol. The molecule has 0 radical (unpaired) electrons. The van der Waals surface area contributed by atoms with Crippen molar-refractivity contribution in [3.8, 4) is 0 Å². The van der Waals surface area contributed by atoms with E-state index in [9.17, 15) is 4.79 Å². The van der Waals surface area contributed by atoms with Crippen molar-refractivity contribution in [2.45, 2.75) is 52.2 Å². The van der Waals surface area contributed by atoms with Gasteiger partial charge in [0.2, 0.25) is 0 Å². The Morgan fingerprint density at radius 2 is 2.00 bits per heavy atom. The molecule has 1 aliphatic carbocycles. The van der Waals surface area contributed by atoms with Gasteiger partial charge in [0, 0.05) is 0 Å². The van der Waals surface area contributed by atoms with Gasteiger partial charge in [0.15, 0.2) is 0 Å². The quantitative estimate of drug-likeness (QED) is 0.729. The Kier molecular flexibility index (Phi) is 3.42. The topological polar surface area (TPSA) is 38.3 Å². The van der Waals surface area contributed by atoms with Gasteiger partial charge in [-0.05, 0) is 46.5 Å². The minimum atomic E-state index is -0.440. The van der Waals surface area contributed by atoms with Gasteiger partial charge in [-0.15, -0.1) is 0 Å². The molecule has 3 heteroatoms. The Balaban J connectivity index is 2.33. The maximum absolute atomic E-state index is 11.4. The van der Waals surface area contributed by atoms with Crippen molar-refractivity contribution in [3.63, 3.8) is 0 Å². The van der Waals surface area contributed by atoms with Gasteiger partial charge in [-0.2, -0.15) is 0 Å². The molecule has 0 heterocycles. The predicted molar refractivity (Wildman–Crippen MR) is 60.7 cm³/mol. The van der Waals surface area contributed by atoms with Gasteiger partial charge in [-0.3, -0.25) is 0 Å². The smallest absolute Gasteiger partial charge is 0.408 e. The summed E-state index contributed by atoms with van der Waals surface area (Å²) in [5.41, 5.74) is 0.672. The van der Waals surface area contributed by atoms with Crippen molar-refractivity contribution in [2.75, 3.05) is 0 Å². The standard InChI is InChI=1S/C12H21NO2/c1-8(10-6-7-10)9(2)13-11(14)15-12(3,4)5/h9-10H,1,6-7H2,2-5H3,(H,13,14)/t9-/m0/s1. The zero-order valence-electron chi connectivity index (χ0n) is 10.1. The lowest BCUT2D eigenvalue weighted by Gasteiger charge is -2.22. The second-order valence-corrected chi connectivity index (χ2v) is 5.22. The summed E-state index contributed by atoms with van der Waals surface area (Å²) in [6, 6.07) is 0.00681. The molecule has 0 aromatic heterocycles. The van der Waals surface area contributed by atoms with Crippen molar-refractivity contribution in [2.24, 2.45) is 5.92 Å². The number of carbonyl (C=O) groups excluding carboxylic acids is 1. The fourth-order valence-electron chi connectivity index (χ4n) is 1.38. The van der Waals surface area contributed by atoms with E-state index in [0.29, 0.717) is 5.92 Å². The van der Waals surface area contributed by atoms with Crippen LogP contribution >= 0.6 is 0 Å². The summed E-state index contributed by atoms with van der Waals surface area (Å²) in [6.07, 6.45) is 2.05. The van der Waals surface area contributed by atoms with Crippen LogP contribution in [0, 0.1) is 5.92 Å². The normalized spacial score (nSPS) is 18.1. The van der Waals surface area contributed by atoms with Crippen molar-refractivity contribution in [1.29, 1.82) is 0 Å². The summed E-state index contributed by atoms with van der Waals surface area (Å²) in [7, 11) is 0. The molecule has 0 aromatic rings. The van der Waals surface area contributed by atoms with Gasteiger partial charge in [0.1, 0.15) is 5.60 Å². The lowest BCUT2D eigenvalue weighted by molar-refractivity contribution is 0.0515. The highest BCUT2D eigenvalue weighted by Gasteiger charge is 2.28. The summed E-state index contributed by atoms with van der Waals surface area (Å²) < 4.78 is 5.17. The maximum Gasteiger partial charge on any atom is 0.408 e. The summed E-state index contributed by atoms with van der Waals surface area (Å²) in [5.74, 6) is 0.606. The van der Waals surface area contributed by atoms with Crippen LogP contribution in [-0.2, 0) is 4.74 Å². The van der Waals surface area contributed by atoms with Crippen LogP contribution in [0.4, 0.5) is 4.79 Å². The Bertz CT molecular complexity index is 261. The van der Waals surface area contributed by atoms with E-state index in [1.54, 1.807) is 0 Å². The highest BCUT2D eigenvalue weighted by molar-refractivity contribution is 5.68. The Morgan fingerprint density at radius 1 is 1.47 bits per heavy atom. The van der Waals surface area contributed by atoms with Gasteiger partial charge >= 0.3 is 6.09 Å². The van der Waals surface area contributed by atoms with E-state index >= 15 is 0 Å². The van der Waals surface area contributed by atoms with Crippen LogP contribution in [0.5, 0.6) is 0 Å². The molecule has 0 saturated heterocycles. The molecular formula is C12H21NO2. The van der Waals surface area contributed by atoms with E-state index < -0.39 is 5.60 Å². The largest absolute Gasteiger partial charge is 0.444 e. The van der Waals surface area contributed by atoms with E-state index in [1.807, 2.05) is 27.7 Å². The van der Waals surface area contributed by atoms with E-state index in [1.165, 1.54) is 12.8 Å². The number of ether oxygens (including phenoxy) is 1. The van der Waals surface area contributed by atoms with E-state index in [4.69, 9.17) is 4.74 Å². The molecule has 0 aliphatic heterocycles. The molecule has 0 bridgehead atoms. The SMILES string of the molecule is C=C(C1CC1)[C@H](C)NC(=O)OC(C)(C)C. The van der Waals surface area contributed by atoms with Crippen molar-refractivity contribution in [3.05, 3.63) is 12.2 Å². The molecule has 1 saturated carbocycles. The average Bonchev–Trinajstić information content (AvgIpc) is 2.80. The zero-order valence-corrected chi connectivity index (χ0v) is 10.1. The fourth-order valence-corrected chi connectivity index (χ4v) is 1.38. The van der Waals surface area contributed by atoms with Crippen molar-refractivity contribution < 1.29 is 9.53 Å². The highest BCUT2D eigenvalue weighted by atomic mass is 16.6. The van der Waals surface area contributed by atoms with Gasteiger partial charge in [0.25, 0.3) is 0 Å². The van der Waals surface area contributed by atoms with Crippen LogP contribution in [-0.4, -0.2) is 17.7 Å². The monoisotopic (exact) mass is 211 g/mol. The van der Waals surface area contributed by atoms with Gasteiger partial charge in [-0.25, -0.2) is 4.79 Å². The number of carbonyl (C=O) groups is 1. The zero-order chi connectivity index (χ0) is 11.6. The van der Waals surface area contributed by atoms with Crippen molar-refractivity contribution >= 4 is 6.09 Å². The van der Waals surface area contributed by atoms with Crippen LogP contribution < -0.4 is 5.32 Å². The molecule has 1 fully saturated rings. The molecule has 1 amide bonds. The Hall–Kier alpha value is -0.990. The Morgan fingerprint density at radius 3 is 2.40 bits per heavy atom. The molecule has 15 heavy (non-hydrogen) atoms.